The Bertz CT molecular complexity index is 373. The molecule has 0 atom stereocenters. The molecule has 1 aliphatic rings. The third kappa shape index (κ3) is 3.43. The average Bonchev–Trinajstić information content (AvgIpc) is 2.01. The van der Waals surface area contributed by atoms with E-state index in [0.29, 0.717) is 6.54 Å². The van der Waals surface area contributed by atoms with E-state index in [9.17, 15) is 8.42 Å². The summed E-state index contributed by atoms with van der Waals surface area (Å²) in [7, 11) is -1.77. The maximum Gasteiger partial charge on any atom is 0.229 e. The van der Waals surface area contributed by atoms with Crippen LogP contribution in [0.25, 0.3) is 0 Å². The van der Waals surface area contributed by atoms with Crippen LogP contribution in [0.3, 0.4) is 0 Å². The van der Waals surface area contributed by atoms with Crippen LogP contribution in [0.2, 0.25) is 0 Å². The molecule has 0 saturated heterocycles. The van der Waals surface area contributed by atoms with E-state index in [1.54, 1.807) is 4.90 Å². The fourth-order valence-corrected chi connectivity index (χ4v) is 2.64. The SMILES string of the molecule is CNS(=O)(=O)CN1C=C(C)C=C(Br)C1. The van der Waals surface area contributed by atoms with E-state index < -0.39 is 10.0 Å². The van der Waals surface area contributed by atoms with E-state index in [4.69, 9.17) is 0 Å². The molecule has 1 rings (SSSR count). The quantitative estimate of drug-likeness (QED) is 0.839. The van der Waals surface area contributed by atoms with Gasteiger partial charge in [0.15, 0.2) is 0 Å². The van der Waals surface area contributed by atoms with Crippen molar-refractivity contribution in [2.45, 2.75) is 6.92 Å². The van der Waals surface area contributed by atoms with Gasteiger partial charge in [-0.2, -0.15) is 0 Å². The van der Waals surface area contributed by atoms with Crippen molar-refractivity contribution in [3.05, 3.63) is 22.3 Å². The van der Waals surface area contributed by atoms with Gasteiger partial charge in [-0.05, 0) is 25.6 Å². The van der Waals surface area contributed by atoms with Gasteiger partial charge in [0.2, 0.25) is 10.0 Å². The molecule has 1 aliphatic heterocycles. The summed E-state index contributed by atoms with van der Waals surface area (Å²) in [5.74, 6) is -0.0101. The standard InChI is InChI=1S/C8H13BrN2O2S/c1-7-3-8(9)5-11(4-7)6-14(12,13)10-2/h3-4,10H,5-6H2,1-2H3. The van der Waals surface area contributed by atoms with Gasteiger partial charge in [0.05, 0.1) is 6.54 Å². The van der Waals surface area contributed by atoms with Gasteiger partial charge in [0.25, 0.3) is 0 Å². The number of halogens is 1. The number of nitrogens with zero attached hydrogens (tertiary/aromatic N) is 1. The molecule has 0 saturated carbocycles. The second kappa shape index (κ2) is 4.46. The summed E-state index contributed by atoms with van der Waals surface area (Å²) >= 11 is 3.36. The second-order valence-electron chi connectivity index (χ2n) is 3.16. The molecule has 0 radical (unpaired) electrons. The minimum absolute atomic E-state index is 0.0101. The zero-order chi connectivity index (χ0) is 10.8. The Balaban J connectivity index is 2.71. The number of nitrogens with one attached hydrogen (secondary N) is 1. The number of hydrogen-bond donors (Lipinski definition) is 1. The Hall–Kier alpha value is -0.330. The Kier molecular flexibility index (Phi) is 3.74. The number of rotatable bonds is 3. The summed E-state index contributed by atoms with van der Waals surface area (Å²) in [6.45, 7) is 2.53. The van der Waals surface area contributed by atoms with Gasteiger partial charge in [-0.25, -0.2) is 13.1 Å². The first kappa shape index (κ1) is 11.7. The molecule has 0 amide bonds. The van der Waals surface area contributed by atoms with Crippen molar-refractivity contribution < 1.29 is 8.42 Å². The maximum absolute atomic E-state index is 11.3. The van der Waals surface area contributed by atoms with E-state index in [1.165, 1.54) is 7.05 Å². The predicted octanol–water partition coefficient (Wildman–Crippen LogP) is 0.991. The predicted molar refractivity (Wildman–Crippen MR) is 60.3 cm³/mol. The molecule has 80 valence electrons. The Morgan fingerprint density at radius 2 is 2.29 bits per heavy atom. The van der Waals surface area contributed by atoms with Gasteiger partial charge >= 0.3 is 0 Å². The van der Waals surface area contributed by atoms with Crippen molar-refractivity contribution in [2.75, 3.05) is 19.5 Å². The number of sulfonamides is 1. The van der Waals surface area contributed by atoms with E-state index in [-0.39, 0.29) is 5.88 Å². The molecule has 6 heteroatoms. The maximum atomic E-state index is 11.3. The third-order valence-electron chi connectivity index (χ3n) is 1.77. The van der Waals surface area contributed by atoms with Crippen LogP contribution in [0.15, 0.2) is 22.3 Å². The van der Waals surface area contributed by atoms with Gasteiger partial charge in [-0.3, -0.25) is 0 Å². The molecular formula is C8H13BrN2O2S. The molecule has 1 heterocycles. The van der Waals surface area contributed by atoms with Crippen molar-refractivity contribution in [2.24, 2.45) is 0 Å². The highest BCUT2D eigenvalue weighted by Crippen LogP contribution is 2.17. The van der Waals surface area contributed by atoms with Crippen LogP contribution >= 0.6 is 15.9 Å². The van der Waals surface area contributed by atoms with Crippen LogP contribution < -0.4 is 4.72 Å². The van der Waals surface area contributed by atoms with Crippen LogP contribution in [-0.4, -0.2) is 32.8 Å². The molecule has 0 aliphatic carbocycles. The molecule has 0 unspecified atom stereocenters. The molecule has 0 spiro atoms. The lowest BCUT2D eigenvalue weighted by Crippen LogP contribution is -2.34. The molecule has 4 nitrogen and oxygen atoms in total. The molecule has 0 aromatic heterocycles. The van der Waals surface area contributed by atoms with Crippen molar-refractivity contribution in [1.82, 2.24) is 9.62 Å². The molecule has 1 N–H and O–H groups in total. The molecular weight excluding hydrogens is 268 g/mol. The topological polar surface area (TPSA) is 49.4 Å². The fourth-order valence-electron chi connectivity index (χ4n) is 1.22. The zero-order valence-electron chi connectivity index (χ0n) is 8.12. The van der Waals surface area contributed by atoms with Crippen LogP contribution in [-0.2, 0) is 10.0 Å². The third-order valence-corrected chi connectivity index (χ3v) is 3.54. The molecule has 14 heavy (non-hydrogen) atoms. The van der Waals surface area contributed by atoms with Gasteiger partial charge in [-0.15, -0.1) is 0 Å². The summed E-state index contributed by atoms with van der Waals surface area (Å²) in [6.07, 6.45) is 3.81. The lowest BCUT2D eigenvalue weighted by atomic mass is 10.2. The monoisotopic (exact) mass is 280 g/mol. The lowest BCUT2D eigenvalue weighted by Gasteiger charge is -2.23. The van der Waals surface area contributed by atoms with Gasteiger partial charge < -0.3 is 4.90 Å². The number of allylic oxidation sites excluding steroid dienone is 2. The van der Waals surface area contributed by atoms with Crippen LogP contribution in [0.1, 0.15) is 6.92 Å². The van der Waals surface area contributed by atoms with Crippen molar-refractivity contribution in [3.63, 3.8) is 0 Å². The van der Waals surface area contributed by atoms with Crippen LogP contribution in [0.5, 0.6) is 0 Å². The minimum Gasteiger partial charge on any atom is -0.357 e. The van der Waals surface area contributed by atoms with E-state index in [2.05, 4.69) is 20.7 Å². The molecule has 0 aromatic carbocycles. The van der Waals surface area contributed by atoms with Gasteiger partial charge in [-0.1, -0.05) is 15.9 Å². The highest BCUT2D eigenvalue weighted by atomic mass is 79.9. The van der Waals surface area contributed by atoms with Gasteiger partial charge in [0.1, 0.15) is 5.88 Å². The first-order chi connectivity index (χ1) is 6.43. The van der Waals surface area contributed by atoms with Gasteiger partial charge in [0, 0.05) is 10.7 Å². The normalized spacial score (nSPS) is 17.8. The van der Waals surface area contributed by atoms with Crippen LogP contribution in [0, 0.1) is 0 Å². The average molecular weight is 281 g/mol. The first-order valence-corrected chi connectivity index (χ1v) is 6.57. The molecule has 0 fully saturated rings. The van der Waals surface area contributed by atoms with Crippen molar-refractivity contribution in [1.29, 1.82) is 0 Å². The fraction of sp³-hybridized carbons (Fsp3) is 0.500. The summed E-state index contributed by atoms with van der Waals surface area (Å²) in [6, 6.07) is 0. The smallest absolute Gasteiger partial charge is 0.229 e. The van der Waals surface area contributed by atoms with Crippen LogP contribution in [0.4, 0.5) is 0 Å². The zero-order valence-corrected chi connectivity index (χ0v) is 10.5. The van der Waals surface area contributed by atoms with Crippen molar-refractivity contribution >= 4 is 26.0 Å². The lowest BCUT2D eigenvalue weighted by molar-refractivity contribution is 0.454. The summed E-state index contributed by atoms with van der Waals surface area (Å²) in [5, 5.41) is 0. The van der Waals surface area contributed by atoms with E-state index in [0.717, 1.165) is 10.1 Å². The first-order valence-electron chi connectivity index (χ1n) is 4.13. The minimum atomic E-state index is -3.18. The Morgan fingerprint density at radius 1 is 1.64 bits per heavy atom. The van der Waals surface area contributed by atoms with E-state index in [1.807, 2.05) is 19.2 Å². The second-order valence-corrected chi connectivity index (χ2v) is 6.07. The highest BCUT2D eigenvalue weighted by Gasteiger charge is 2.15. The summed E-state index contributed by atoms with van der Waals surface area (Å²) < 4.78 is 25.8. The summed E-state index contributed by atoms with van der Waals surface area (Å²) in [5.41, 5.74) is 1.04. The highest BCUT2D eigenvalue weighted by molar-refractivity contribution is 9.11. The molecule has 0 bridgehead atoms. The number of hydrogen-bond acceptors (Lipinski definition) is 3. The molecule has 0 aromatic rings. The Morgan fingerprint density at radius 3 is 2.79 bits per heavy atom. The Labute approximate surface area is 92.8 Å². The van der Waals surface area contributed by atoms with E-state index >= 15 is 0 Å². The van der Waals surface area contributed by atoms with Crippen molar-refractivity contribution in [3.8, 4) is 0 Å². The summed E-state index contributed by atoms with van der Waals surface area (Å²) in [4.78, 5) is 1.74. The largest absolute Gasteiger partial charge is 0.357 e.